The average Bonchev–Trinajstić information content (AvgIpc) is 3.14. The van der Waals surface area contributed by atoms with Gasteiger partial charge in [-0.05, 0) is 17.6 Å². The topological polar surface area (TPSA) is 104 Å². The highest BCUT2D eigenvalue weighted by molar-refractivity contribution is 5.90. The Labute approximate surface area is 162 Å². The monoisotopic (exact) mass is 387 g/mol. The molecule has 28 heavy (non-hydrogen) atoms. The van der Waals surface area contributed by atoms with Crippen LogP contribution in [0.4, 0.5) is 0 Å². The van der Waals surface area contributed by atoms with Gasteiger partial charge < -0.3 is 24.2 Å². The zero-order valence-electron chi connectivity index (χ0n) is 15.3. The number of aliphatic carboxylic acids is 1. The zero-order valence-corrected chi connectivity index (χ0v) is 15.3. The van der Waals surface area contributed by atoms with Crippen molar-refractivity contribution in [1.82, 2.24) is 0 Å². The summed E-state index contributed by atoms with van der Waals surface area (Å²) in [6.07, 6.45) is 4.71. The minimum atomic E-state index is -1.11. The van der Waals surface area contributed by atoms with Gasteiger partial charge in [0.25, 0.3) is 0 Å². The van der Waals surface area contributed by atoms with Crippen molar-refractivity contribution in [3.63, 3.8) is 0 Å². The zero-order chi connectivity index (χ0) is 19.9. The van der Waals surface area contributed by atoms with Crippen LogP contribution in [0.3, 0.4) is 0 Å². The second-order valence-corrected chi connectivity index (χ2v) is 6.34. The van der Waals surface area contributed by atoms with Crippen LogP contribution in [0.1, 0.15) is 12.0 Å². The number of benzene rings is 1. The van der Waals surface area contributed by atoms with E-state index in [0.29, 0.717) is 18.6 Å². The molecule has 2 aliphatic rings. The van der Waals surface area contributed by atoms with Gasteiger partial charge in [0.05, 0.1) is 37.7 Å². The highest BCUT2D eigenvalue weighted by Gasteiger charge is 2.44. The Morgan fingerprint density at radius 2 is 2.11 bits per heavy atom. The van der Waals surface area contributed by atoms with Crippen molar-refractivity contribution in [3.8, 4) is 0 Å². The molecule has 148 valence electrons. The van der Waals surface area contributed by atoms with Gasteiger partial charge in [0.2, 0.25) is 12.9 Å². The Kier molecular flexibility index (Phi) is 6.44. The minimum Gasteiger partial charge on any atom is -0.479 e. The molecule has 1 aromatic carbocycles. The Morgan fingerprint density at radius 1 is 1.32 bits per heavy atom. The fourth-order valence-corrected chi connectivity index (χ4v) is 3.30. The molecule has 1 heterocycles. The summed E-state index contributed by atoms with van der Waals surface area (Å²) < 4.78 is 16.5. The number of oxime groups is 1. The van der Waals surface area contributed by atoms with Crippen LogP contribution in [-0.4, -0.2) is 43.3 Å². The van der Waals surface area contributed by atoms with Crippen LogP contribution in [0.5, 0.6) is 0 Å². The molecule has 0 saturated carbocycles. The summed E-state index contributed by atoms with van der Waals surface area (Å²) in [5.74, 6) is -2.04. The lowest BCUT2D eigenvalue weighted by molar-refractivity contribution is -0.159. The Balaban J connectivity index is 1.74. The molecular weight excluding hydrogens is 366 g/mol. The van der Waals surface area contributed by atoms with E-state index < -0.39 is 24.8 Å². The average molecular weight is 387 g/mol. The summed E-state index contributed by atoms with van der Waals surface area (Å²) in [5, 5.41) is 12.3. The van der Waals surface area contributed by atoms with Gasteiger partial charge in [-0.15, -0.1) is 0 Å². The number of rotatable bonds is 8. The highest BCUT2D eigenvalue weighted by atomic mass is 16.7. The van der Waals surface area contributed by atoms with Crippen molar-refractivity contribution in [2.24, 2.45) is 17.0 Å². The standard InChI is InChI=1S/C20H21NO7/c1-25-19(24)16-11-27-20(26-10-13-5-3-2-4-6-13)18-14(7-8-15(16)18)9-21-28-12-17(22)23/h2-7,9,11,15,18,20H,8,10,12H2,1H3,(H,22,23)/t15-,18-,20-/m1/s1. The van der Waals surface area contributed by atoms with Gasteiger partial charge >= 0.3 is 11.9 Å². The lowest BCUT2D eigenvalue weighted by Gasteiger charge is -2.34. The molecule has 1 aliphatic carbocycles. The third-order valence-corrected chi connectivity index (χ3v) is 4.59. The molecule has 0 radical (unpaired) electrons. The Bertz CT molecular complexity index is 800. The minimum absolute atomic E-state index is 0.178. The summed E-state index contributed by atoms with van der Waals surface area (Å²) >= 11 is 0. The van der Waals surface area contributed by atoms with Crippen LogP contribution in [0.25, 0.3) is 0 Å². The maximum absolute atomic E-state index is 12.1. The van der Waals surface area contributed by atoms with E-state index in [2.05, 4.69) is 5.16 Å². The number of methoxy groups -OCH3 is 1. The summed E-state index contributed by atoms with van der Waals surface area (Å²) in [4.78, 5) is 27.4. The van der Waals surface area contributed by atoms with Gasteiger partial charge in [0, 0.05) is 5.92 Å². The molecule has 0 aromatic heterocycles. The quantitative estimate of drug-likeness (QED) is 0.414. The lowest BCUT2D eigenvalue weighted by Crippen LogP contribution is -2.37. The van der Waals surface area contributed by atoms with E-state index in [0.717, 1.165) is 11.1 Å². The molecule has 0 spiro atoms. The predicted octanol–water partition coefficient (Wildman–Crippen LogP) is 2.27. The van der Waals surface area contributed by atoms with Crippen molar-refractivity contribution >= 4 is 18.2 Å². The van der Waals surface area contributed by atoms with Crippen molar-refractivity contribution in [3.05, 3.63) is 59.4 Å². The number of fused-ring (bicyclic) bond motifs is 1. The van der Waals surface area contributed by atoms with Crippen molar-refractivity contribution in [1.29, 1.82) is 0 Å². The molecule has 8 heteroatoms. The van der Waals surface area contributed by atoms with E-state index in [4.69, 9.17) is 24.2 Å². The number of carboxylic acids is 1. The van der Waals surface area contributed by atoms with Gasteiger partial charge in [0.1, 0.15) is 0 Å². The van der Waals surface area contributed by atoms with Crippen LogP contribution in [0, 0.1) is 11.8 Å². The number of esters is 1. The van der Waals surface area contributed by atoms with E-state index in [1.807, 2.05) is 36.4 Å². The maximum Gasteiger partial charge on any atom is 0.344 e. The molecule has 3 rings (SSSR count). The third kappa shape index (κ3) is 4.58. The fraction of sp³-hybridized carbons (Fsp3) is 0.350. The number of nitrogens with zero attached hydrogens (tertiary/aromatic N) is 1. The van der Waals surface area contributed by atoms with E-state index in [9.17, 15) is 9.59 Å². The van der Waals surface area contributed by atoms with E-state index in [1.165, 1.54) is 19.6 Å². The molecule has 3 atom stereocenters. The second kappa shape index (κ2) is 9.18. The first-order valence-corrected chi connectivity index (χ1v) is 8.76. The summed E-state index contributed by atoms with van der Waals surface area (Å²) in [5.41, 5.74) is 2.17. The van der Waals surface area contributed by atoms with Crippen LogP contribution in [0.15, 0.2) is 59.0 Å². The molecule has 0 bridgehead atoms. The summed E-state index contributed by atoms with van der Waals surface area (Å²) in [7, 11) is 1.32. The van der Waals surface area contributed by atoms with Gasteiger partial charge in [-0.2, -0.15) is 0 Å². The molecule has 1 N–H and O–H groups in total. The molecule has 0 fully saturated rings. The van der Waals surface area contributed by atoms with Crippen LogP contribution in [-0.2, 0) is 35.2 Å². The van der Waals surface area contributed by atoms with Crippen molar-refractivity contribution in [2.45, 2.75) is 19.3 Å². The summed E-state index contributed by atoms with van der Waals surface area (Å²) in [6.45, 7) is -0.189. The van der Waals surface area contributed by atoms with Gasteiger partial charge in [-0.25, -0.2) is 9.59 Å². The molecule has 1 aromatic rings. The van der Waals surface area contributed by atoms with Gasteiger partial charge in [-0.3, -0.25) is 0 Å². The van der Waals surface area contributed by atoms with Crippen LogP contribution in [0.2, 0.25) is 0 Å². The number of carboxylic acid groups (broad SMARTS) is 1. The molecular formula is C20H21NO7. The molecule has 0 amide bonds. The molecule has 1 aliphatic heterocycles. The molecule has 8 nitrogen and oxygen atoms in total. The number of allylic oxidation sites excluding steroid dienone is 1. The Morgan fingerprint density at radius 3 is 2.82 bits per heavy atom. The van der Waals surface area contributed by atoms with Gasteiger partial charge in [0.15, 0.2) is 0 Å². The fourth-order valence-electron chi connectivity index (χ4n) is 3.30. The molecule has 0 saturated heterocycles. The lowest BCUT2D eigenvalue weighted by atomic mass is 9.83. The largest absolute Gasteiger partial charge is 0.479 e. The smallest absolute Gasteiger partial charge is 0.344 e. The number of carbonyl (C=O) groups is 2. The van der Waals surface area contributed by atoms with E-state index in [-0.39, 0.29) is 11.8 Å². The first-order chi connectivity index (χ1) is 13.6. The maximum atomic E-state index is 12.1. The predicted molar refractivity (Wildman–Crippen MR) is 98.0 cm³/mol. The second-order valence-electron chi connectivity index (χ2n) is 6.34. The van der Waals surface area contributed by atoms with Crippen LogP contribution < -0.4 is 0 Å². The first kappa shape index (κ1) is 19.6. The van der Waals surface area contributed by atoms with Crippen LogP contribution >= 0.6 is 0 Å². The van der Waals surface area contributed by atoms with Crippen molar-refractivity contribution < 1.29 is 33.7 Å². The first-order valence-electron chi connectivity index (χ1n) is 8.76. The van der Waals surface area contributed by atoms with E-state index in [1.54, 1.807) is 0 Å². The van der Waals surface area contributed by atoms with Crippen molar-refractivity contribution in [2.75, 3.05) is 13.7 Å². The summed E-state index contributed by atoms with van der Waals surface area (Å²) in [6, 6.07) is 9.66. The SMILES string of the molecule is COC(=O)C1=CO[C@@H](OCc2ccccc2)[C@@H]2C(C=NOCC(=O)O)=CC[C@H]12. The van der Waals surface area contributed by atoms with Gasteiger partial charge in [-0.1, -0.05) is 41.6 Å². The molecule has 0 unspecified atom stereocenters. The highest BCUT2D eigenvalue weighted by Crippen LogP contribution is 2.43. The number of hydrogen-bond donors (Lipinski definition) is 1. The Hall–Kier alpha value is -3.13. The number of hydrogen-bond acceptors (Lipinski definition) is 7. The number of ether oxygens (including phenoxy) is 3. The van der Waals surface area contributed by atoms with E-state index >= 15 is 0 Å². The number of carbonyl (C=O) groups excluding carboxylic acids is 1. The third-order valence-electron chi connectivity index (χ3n) is 4.59. The normalized spacial score (nSPS) is 23.4.